The number of carbonyl (C=O) groups is 2. The fourth-order valence-corrected chi connectivity index (χ4v) is 3.75. The maximum absolute atomic E-state index is 12.9. The molecule has 1 aliphatic rings. The maximum Gasteiger partial charge on any atom is 0.387 e. The van der Waals surface area contributed by atoms with Gasteiger partial charge in [0.2, 0.25) is 11.8 Å². The zero-order chi connectivity index (χ0) is 23.6. The maximum atomic E-state index is 12.9. The van der Waals surface area contributed by atoms with Crippen molar-refractivity contribution in [1.29, 1.82) is 0 Å². The van der Waals surface area contributed by atoms with E-state index in [2.05, 4.69) is 20.3 Å². The first-order chi connectivity index (χ1) is 16.0. The zero-order valence-corrected chi connectivity index (χ0v) is 18.6. The number of hydrogen-bond acceptors (Lipinski definition) is 4. The molecule has 3 rings (SSSR count). The predicted molar refractivity (Wildman–Crippen MR) is 125 cm³/mol. The van der Waals surface area contributed by atoms with Gasteiger partial charge < -0.3 is 20.3 Å². The van der Waals surface area contributed by atoms with Crippen molar-refractivity contribution < 1.29 is 23.1 Å². The first kappa shape index (κ1) is 24.2. The highest BCUT2D eigenvalue weighted by atomic mass is 19.3. The number of rotatable bonds is 10. The average molecular weight is 458 g/mol. The van der Waals surface area contributed by atoms with Gasteiger partial charge in [0.05, 0.1) is 0 Å². The molecule has 33 heavy (non-hydrogen) atoms. The van der Waals surface area contributed by atoms with Crippen LogP contribution in [0.1, 0.15) is 38.2 Å². The summed E-state index contributed by atoms with van der Waals surface area (Å²) in [7, 11) is 0. The highest BCUT2D eigenvalue weighted by molar-refractivity contribution is 6.00. The molecular weight excluding hydrogens is 428 g/mol. The van der Waals surface area contributed by atoms with Gasteiger partial charge in [-0.15, -0.1) is 0 Å². The van der Waals surface area contributed by atoms with Gasteiger partial charge >= 0.3 is 6.61 Å². The van der Waals surface area contributed by atoms with Gasteiger partial charge in [-0.2, -0.15) is 8.78 Å². The van der Waals surface area contributed by atoms with Crippen molar-refractivity contribution in [1.82, 2.24) is 5.32 Å². The van der Waals surface area contributed by atoms with Crippen LogP contribution in [0, 0.1) is 0 Å². The van der Waals surface area contributed by atoms with Crippen LogP contribution < -0.4 is 20.3 Å². The Morgan fingerprint density at radius 1 is 1.12 bits per heavy atom. The lowest BCUT2D eigenvalue weighted by Gasteiger charge is -2.20. The number of ether oxygens (including phenoxy) is 1. The van der Waals surface area contributed by atoms with Crippen molar-refractivity contribution in [2.45, 2.75) is 45.3 Å². The highest BCUT2D eigenvalue weighted by Gasteiger charge is 2.20. The molecule has 1 saturated heterocycles. The third kappa shape index (κ3) is 7.30. The molecule has 0 radical (unpaired) electrons. The first-order valence-electron chi connectivity index (χ1n) is 11.1. The third-order valence-corrected chi connectivity index (χ3v) is 5.34. The average Bonchev–Trinajstić information content (AvgIpc) is 3.33. The molecule has 176 valence electrons. The Morgan fingerprint density at radius 2 is 1.88 bits per heavy atom. The van der Waals surface area contributed by atoms with Crippen molar-refractivity contribution >= 4 is 29.3 Å². The quantitative estimate of drug-likeness (QED) is 0.502. The number of benzene rings is 2. The van der Waals surface area contributed by atoms with Gasteiger partial charge in [-0.25, -0.2) is 0 Å². The van der Waals surface area contributed by atoms with Crippen LogP contribution in [0.15, 0.2) is 54.6 Å². The number of nitrogens with zero attached hydrogens (tertiary/aromatic N) is 1. The Morgan fingerprint density at radius 3 is 2.61 bits per heavy atom. The highest BCUT2D eigenvalue weighted by Crippen LogP contribution is 2.24. The smallest absolute Gasteiger partial charge is 0.387 e. The first-order valence-corrected chi connectivity index (χ1v) is 11.1. The third-order valence-electron chi connectivity index (χ3n) is 5.34. The van der Waals surface area contributed by atoms with Gasteiger partial charge in [-0.05, 0) is 49.6 Å². The predicted octanol–water partition coefficient (Wildman–Crippen LogP) is 4.83. The fraction of sp³-hybridized carbons (Fsp3) is 0.360. The Balaban J connectivity index is 1.63. The molecule has 8 heteroatoms. The van der Waals surface area contributed by atoms with E-state index in [1.54, 1.807) is 18.2 Å². The standard InChI is InChI=1S/C25H29F2N3O3/c1-2-8-21(24(32)28-19-10-7-11-20(17-19)30-15-5-6-16-30)29-23(31)14-13-18-9-3-4-12-22(18)33-25(26)27/h3-4,7,9-14,17,21,25H,2,5-6,8,15-16H2,1H3,(H,28,32)(H,29,31). The molecule has 1 aliphatic heterocycles. The number of carbonyl (C=O) groups excluding carboxylic acids is 2. The van der Waals surface area contributed by atoms with Crippen molar-refractivity contribution in [2.75, 3.05) is 23.3 Å². The minimum atomic E-state index is -2.96. The molecule has 0 aliphatic carbocycles. The van der Waals surface area contributed by atoms with Gasteiger partial charge in [0.1, 0.15) is 11.8 Å². The fourth-order valence-electron chi connectivity index (χ4n) is 3.75. The Labute approximate surface area is 192 Å². The molecular formula is C25H29F2N3O3. The molecule has 0 spiro atoms. The van der Waals surface area contributed by atoms with Crippen LogP contribution in [0.25, 0.3) is 6.08 Å². The molecule has 2 N–H and O–H groups in total. The second kappa shape index (κ2) is 12.0. The van der Waals surface area contributed by atoms with Crippen LogP contribution >= 0.6 is 0 Å². The molecule has 0 aromatic heterocycles. The second-order valence-corrected chi connectivity index (χ2v) is 7.83. The number of anilines is 2. The topological polar surface area (TPSA) is 70.7 Å². The minimum absolute atomic E-state index is 0.0303. The van der Waals surface area contributed by atoms with Crippen LogP contribution in [0.4, 0.5) is 20.2 Å². The second-order valence-electron chi connectivity index (χ2n) is 7.83. The molecule has 1 unspecified atom stereocenters. The Hall–Kier alpha value is -3.42. The lowest BCUT2D eigenvalue weighted by Crippen LogP contribution is -2.43. The van der Waals surface area contributed by atoms with Gasteiger partial charge in [-0.1, -0.05) is 37.6 Å². The number of hydrogen-bond donors (Lipinski definition) is 2. The Kier molecular flexibility index (Phi) is 8.80. The van der Waals surface area contributed by atoms with Crippen LogP contribution in [-0.2, 0) is 9.59 Å². The van der Waals surface area contributed by atoms with Crippen molar-refractivity contribution in [3.05, 3.63) is 60.2 Å². The van der Waals surface area contributed by atoms with E-state index in [1.165, 1.54) is 18.2 Å². The van der Waals surface area contributed by atoms with Crippen LogP contribution in [0.3, 0.4) is 0 Å². The van der Waals surface area contributed by atoms with Gasteiger partial charge in [0.15, 0.2) is 0 Å². The molecule has 2 aromatic carbocycles. The largest absolute Gasteiger partial charge is 0.434 e. The van der Waals surface area contributed by atoms with E-state index in [0.29, 0.717) is 24.1 Å². The monoisotopic (exact) mass is 457 g/mol. The lowest BCUT2D eigenvalue weighted by molar-refractivity contribution is -0.123. The molecule has 0 bridgehead atoms. The SMILES string of the molecule is CCCC(NC(=O)C=Cc1ccccc1OC(F)F)C(=O)Nc1cccc(N2CCCC2)c1. The van der Waals surface area contributed by atoms with Gasteiger partial charge in [-0.3, -0.25) is 9.59 Å². The molecule has 0 saturated carbocycles. The summed E-state index contributed by atoms with van der Waals surface area (Å²) in [5.41, 5.74) is 2.07. The zero-order valence-electron chi connectivity index (χ0n) is 18.6. The van der Waals surface area contributed by atoms with Crippen LogP contribution in [-0.4, -0.2) is 37.6 Å². The van der Waals surface area contributed by atoms with E-state index in [-0.39, 0.29) is 11.7 Å². The van der Waals surface area contributed by atoms with Gasteiger partial charge in [0.25, 0.3) is 0 Å². The normalized spacial score (nSPS) is 14.5. The summed E-state index contributed by atoms with van der Waals surface area (Å²) in [4.78, 5) is 27.6. The van der Waals surface area contributed by atoms with Crippen LogP contribution in [0.2, 0.25) is 0 Å². The van der Waals surface area contributed by atoms with E-state index in [0.717, 1.165) is 31.6 Å². The van der Waals surface area contributed by atoms with E-state index in [4.69, 9.17) is 0 Å². The number of nitrogens with one attached hydrogen (secondary N) is 2. The summed E-state index contributed by atoms with van der Waals surface area (Å²) < 4.78 is 29.6. The number of amides is 2. The summed E-state index contributed by atoms with van der Waals surface area (Å²) >= 11 is 0. The summed E-state index contributed by atoms with van der Waals surface area (Å²) in [6.45, 7) is 0.969. The molecule has 1 atom stereocenters. The van der Waals surface area contributed by atoms with E-state index < -0.39 is 18.6 Å². The van der Waals surface area contributed by atoms with Gasteiger partial charge in [0, 0.05) is 36.1 Å². The summed E-state index contributed by atoms with van der Waals surface area (Å²) in [6.07, 6.45) is 6.06. The van der Waals surface area contributed by atoms with E-state index >= 15 is 0 Å². The van der Waals surface area contributed by atoms with Crippen molar-refractivity contribution in [3.63, 3.8) is 0 Å². The van der Waals surface area contributed by atoms with Crippen molar-refractivity contribution in [3.8, 4) is 5.75 Å². The molecule has 1 heterocycles. The van der Waals surface area contributed by atoms with Crippen LogP contribution in [0.5, 0.6) is 5.75 Å². The number of para-hydroxylation sites is 1. The number of halogens is 2. The van der Waals surface area contributed by atoms with E-state index in [9.17, 15) is 18.4 Å². The lowest BCUT2D eigenvalue weighted by atomic mass is 10.1. The summed E-state index contributed by atoms with van der Waals surface area (Å²) in [6, 6.07) is 13.1. The molecule has 2 amide bonds. The molecule has 2 aromatic rings. The Bertz CT molecular complexity index is 975. The molecule has 6 nitrogen and oxygen atoms in total. The van der Waals surface area contributed by atoms with E-state index in [1.807, 2.05) is 31.2 Å². The number of alkyl halides is 2. The molecule has 1 fully saturated rings. The van der Waals surface area contributed by atoms with Crippen molar-refractivity contribution in [2.24, 2.45) is 0 Å². The summed E-state index contributed by atoms with van der Waals surface area (Å²) in [5, 5.41) is 5.59. The summed E-state index contributed by atoms with van der Waals surface area (Å²) in [5.74, 6) is -0.836. The minimum Gasteiger partial charge on any atom is -0.434 e.